The Labute approximate surface area is 190 Å². The fourth-order valence-electron chi connectivity index (χ4n) is 3.95. The van der Waals surface area contributed by atoms with Gasteiger partial charge in [-0.25, -0.2) is 19.7 Å². The van der Waals surface area contributed by atoms with E-state index in [-0.39, 0.29) is 6.04 Å². The van der Waals surface area contributed by atoms with Crippen LogP contribution in [0.5, 0.6) is 11.5 Å². The largest absolute Gasteiger partial charge is 0.497 e. The number of ether oxygens (including phenoxy) is 2. The van der Waals surface area contributed by atoms with Gasteiger partial charge in [0.2, 0.25) is 0 Å². The number of nitrogen functional groups attached to an aromatic ring is 1. The number of methoxy groups -OCH3 is 2. The third kappa shape index (κ3) is 4.52. The van der Waals surface area contributed by atoms with Crippen molar-refractivity contribution in [2.24, 2.45) is 0 Å². The van der Waals surface area contributed by atoms with Crippen molar-refractivity contribution in [3.8, 4) is 23.0 Å². The minimum absolute atomic E-state index is 0.0147. The molecular formula is C21H26N6O4S. The van der Waals surface area contributed by atoms with E-state index >= 15 is 0 Å². The number of nitrogens with two attached hydrogens (primary N) is 1. The molecule has 11 heteroatoms. The van der Waals surface area contributed by atoms with Crippen LogP contribution in [0.25, 0.3) is 11.5 Å². The number of hydrogen-bond acceptors (Lipinski definition) is 8. The molecule has 1 saturated heterocycles. The standard InChI is InChI=1S/C21H26N6O4S/c1-30-14-6-7-15(31-2)16(11-14)32-20-24-17-18(22)23-12-26(19(17)25-20)10-8-13-5-3-4-9-27(13)21(28)29/h6-7,11-13H,3-5,8-10,22H2,1-2H3,(H,28,29). The zero-order valence-electron chi connectivity index (χ0n) is 18.0. The molecule has 3 N–H and O–H groups in total. The molecule has 10 nitrogen and oxygen atoms in total. The molecule has 1 atom stereocenters. The third-order valence-corrected chi connectivity index (χ3v) is 6.52. The molecular weight excluding hydrogens is 432 g/mol. The number of amides is 1. The summed E-state index contributed by atoms with van der Waals surface area (Å²) in [5, 5.41) is 10.0. The summed E-state index contributed by atoms with van der Waals surface area (Å²) < 4.78 is 12.7. The topological polar surface area (TPSA) is 129 Å². The lowest BCUT2D eigenvalue weighted by Crippen LogP contribution is -2.43. The van der Waals surface area contributed by atoms with E-state index in [1.54, 1.807) is 25.4 Å². The van der Waals surface area contributed by atoms with E-state index in [1.165, 1.54) is 11.8 Å². The number of hydrogen-bond donors (Lipinski definition) is 2. The van der Waals surface area contributed by atoms with Gasteiger partial charge in [-0.15, -0.1) is 0 Å². The number of imidazole rings is 1. The van der Waals surface area contributed by atoms with Gasteiger partial charge in [0.25, 0.3) is 0 Å². The molecule has 1 amide bonds. The lowest BCUT2D eigenvalue weighted by molar-refractivity contribution is 0.102. The molecule has 1 fully saturated rings. The Kier molecular flexibility index (Phi) is 6.54. The number of aryl methyl sites for hydroxylation is 1. The zero-order chi connectivity index (χ0) is 22.7. The summed E-state index contributed by atoms with van der Waals surface area (Å²) in [5.41, 5.74) is 6.59. The molecule has 0 aliphatic carbocycles. The SMILES string of the molecule is COc1ccc(OC)c(Sc2nc3c(N)ncn(CCC4CCCCN4C(=O)O)c-3n2)c1. The number of rotatable bonds is 7. The maximum Gasteiger partial charge on any atom is 0.407 e. The van der Waals surface area contributed by atoms with Gasteiger partial charge in [0.05, 0.1) is 25.4 Å². The predicted octanol–water partition coefficient (Wildman–Crippen LogP) is 3.45. The molecule has 0 bridgehead atoms. The first-order valence-electron chi connectivity index (χ1n) is 10.4. The summed E-state index contributed by atoms with van der Waals surface area (Å²) in [5.74, 6) is 2.32. The molecule has 0 spiro atoms. The molecule has 1 unspecified atom stereocenters. The van der Waals surface area contributed by atoms with Gasteiger partial charge in [-0.3, -0.25) is 0 Å². The summed E-state index contributed by atoms with van der Waals surface area (Å²) >= 11 is 1.35. The summed E-state index contributed by atoms with van der Waals surface area (Å²) in [6.07, 6.45) is 4.26. The molecule has 0 aromatic heterocycles. The number of nitrogens with zero attached hydrogens (tertiary/aromatic N) is 5. The average Bonchev–Trinajstić information content (AvgIpc) is 3.23. The van der Waals surface area contributed by atoms with Crippen LogP contribution in [0.1, 0.15) is 25.7 Å². The van der Waals surface area contributed by atoms with Crippen molar-refractivity contribution in [2.45, 2.75) is 48.3 Å². The van der Waals surface area contributed by atoms with E-state index < -0.39 is 6.09 Å². The van der Waals surface area contributed by atoms with Gasteiger partial charge in [-0.05, 0) is 55.6 Å². The first-order valence-corrected chi connectivity index (χ1v) is 11.2. The molecule has 3 aliphatic rings. The van der Waals surface area contributed by atoms with Crippen LogP contribution in [0, 0.1) is 0 Å². The Morgan fingerprint density at radius 1 is 1.28 bits per heavy atom. The molecule has 0 saturated carbocycles. The van der Waals surface area contributed by atoms with Crippen LogP contribution >= 0.6 is 11.8 Å². The zero-order valence-corrected chi connectivity index (χ0v) is 18.8. The monoisotopic (exact) mass is 458 g/mol. The number of fused-ring (bicyclic) bond motifs is 1. The van der Waals surface area contributed by atoms with Crippen LogP contribution in [0.2, 0.25) is 0 Å². The first kappa shape index (κ1) is 22.0. The van der Waals surface area contributed by atoms with Crippen LogP contribution in [-0.4, -0.2) is 62.4 Å². The van der Waals surface area contributed by atoms with E-state index in [4.69, 9.17) is 15.2 Å². The van der Waals surface area contributed by atoms with E-state index in [2.05, 4.69) is 15.0 Å². The molecule has 170 valence electrons. The first-order chi connectivity index (χ1) is 15.5. The molecule has 1 aromatic carbocycles. The fraction of sp³-hybridized carbons (Fsp3) is 0.429. The maximum atomic E-state index is 11.6. The summed E-state index contributed by atoms with van der Waals surface area (Å²) in [6, 6.07) is 5.51. The third-order valence-electron chi connectivity index (χ3n) is 5.62. The molecule has 32 heavy (non-hydrogen) atoms. The molecule has 0 radical (unpaired) electrons. The fourth-order valence-corrected chi connectivity index (χ4v) is 4.84. The van der Waals surface area contributed by atoms with Gasteiger partial charge in [0.15, 0.2) is 22.5 Å². The van der Waals surface area contributed by atoms with Crippen molar-refractivity contribution in [3.05, 3.63) is 24.5 Å². The van der Waals surface area contributed by atoms with Crippen LogP contribution in [-0.2, 0) is 6.54 Å². The minimum atomic E-state index is -0.862. The van der Waals surface area contributed by atoms with Crippen molar-refractivity contribution in [2.75, 3.05) is 26.5 Å². The van der Waals surface area contributed by atoms with E-state index in [1.807, 2.05) is 22.8 Å². The van der Waals surface area contributed by atoms with E-state index in [0.29, 0.717) is 53.5 Å². The molecule has 3 heterocycles. The number of anilines is 1. The van der Waals surface area contributed by atoms with Gasteiger partial charge in [0.1, 0.15) is 11.5 Å². The summed E-state index contributed by atoms with van der Waals surface area (Å²) in [4.78, 5) is 27.4. The second-order valence-corrected chi connectivity index (χ2v) is 8.54. The normalized spacial score (nSPS) is 16.3. The van der Waals surface area contributed by atoms with Crippen molar-refractivity contribution in [3.63, 3.8) is 0 Å². The van der Waals surface area contributed by atoms with Gasteiger partial charge in [-0.2, -0.15) is 0 Å². The lowest BCUT2D eigenvalue weighted by atomic mass is 10.00. The highest BCUT2D eigenvalue weighted by atomic mass is 32.2. The Hall–Kier alpha value is -3.21. The average molecular weight is 459 g/mol. The predicted molar refractivity (Wildman–Crippen MR) is 120 cm³/mol. The highest BCUT2D eigenvalue weighted by Crippen LogP contribution is 2.38. The molecule has 1 aromatic rings. The van der Waals surface area contributed by atoms with Crippen LogP contribution in [0.15, 0.2) is 34.6 Å². The minimum Gasteiger partial charge on any atom is -0.497 e. The Bertz CT molecular complexity index is 1070. The van der Waals surface area contributed by atoms with Gasteiger partial charge in [0, 0.05) is 19.1 Å². The highest BCUT2D eigenvalue weighted by Gasteiger charge is 2.27. The quantitative estimate of drug-likeness (QED) is 0.547. The summed E-state index contributed by atoms with van der Waals surface area (Å²) in [7, 11) is 3.21. The number of likely N-dealkylation sites (tertiary alicyclic amines) is 1. The number of piperidine rings is 1. The number of benzene rings is 1. The Morgan fingerprint density at radius 2 is 2.12 bits per heavy atom. The highest BCUT2D eigenvalue weighted by molar-refractivity contribution is 7.99. The number of aromatic nitrogens is 4. The second kappa shape index (κ2) is 9.51. The molecule has 4 rings (SSSR count). The Balaban J connectivity index is 1.58. The van der Waals surface area contributed by atoms with E-state index in [9.17, 15) is 9.90 Å². The number of carboxylic acid groups (broad SMARTS) is 1. The van der Waals surface area contributed by atoms with E-state index in [0.717, 1.165) is 24.2 Å². The molecule has 3 aliphatic heterocycles. The lowest BCUT2D eigenvalue weighted by Gasteiger charge is -2.33. The maximum absolute atomic E-state index is 11.6. The second-order valence-electron chi connectivity index (χ2n) is 7.53. The summed E-state index contributed by atoms with van der Waals surface area (Å²) in [6.45, 7) is 1.16. The van der Waals surface area contributed by atoms with Crippen molar-refractivity contribution < 1.29 is 19.4 Å². The van der Waals surface area contributed by atoms with Gasteiger partial charge in [-0.1, -0.05) is 0 Å². The van der Waals surface area contributed by atoms with Crippen molar-refractivity contribution >= 4 is 23.7 Å². The van der Waals surface area contributed by atoms with Crippen LogP contribution in [0.4, 0.5) is 10.6 Å². The smallest absolute Gasteiger partial charge is 0.407 e. The van der Waals surface area contributed by atoms with Crippen molar-refractivity contribution in [1.82, 2.24) is 24.4 Å². The Morgan fingerprint density at radius 3 is 2.88 bits per heavy atom. The van der Waals surface area contributed by atoms with Crippen LogP contribution < -0.4 is 15.2 Å². The van der Waals surface area contributed by atoms with Crippen LogP contribution in [0.3, 0.4) is 0 Å². The number of carbonyl (C=O) groups is 1. The van der Waals surface area contributed by atoms with Crippen molar-refractivity contribution in [1.29, 1.82) is 0 Å². The van der Waals surface area contributed by atoms with Gasteiger partial charge < -0.3 is 29.8 Å². The van der Waals surface area contributed by atoms with Gasteiger partial charge >= 0.3 is 6.09 Å².